The van der Waals surface area contributed by atoms with E-state index in [0.29, 0.717) is 16.7 Å². The Morgan fingerprint density at radius 3 is 2.58 bits per heavy atom. The van der Waals surface area contributed by atoms with Crippen LogP contribution in [0.5, 0.6) is 0 Å². The van der Waals surface area contributed by atoms with Crippen LogP contribution in [0, 0.1) is 0 Å². The van der Waals surface area contributed by atoms with Crippen molar-refractivity contribution in [3.63, 3.8) is 0 Å². The van der Waals surface area contributed by atoms with Crippen LogP contribution in [-0.2, 0) is 0 Å². The van der Waals surface area contributed by atoms with Gasteiger partial charge in [0.05, 0.1) is 5.69 Å². The summed E-state index contributed by atoms with van der Waals surface area (Å²) in [5.74, 6) is 1.15. The standard InChI is InChI=1S/C13H10ClN5/c14-10-3-1-9(2-4-10)11-7-12(15)19(18-11)13-5-6-16-8-17-13/h1-8H,15H2. The van der Waals surface area contributed by atoms with E-state index in [9.17, 15) is 0 Å². The molecular formula is C13H10ClN5. The zero-order valence-corrected chi connectivity index (χ0v) is 10.6. The monoisotopic (exact) mass is 271 g/mol. The zero-order valence-electron chi connectivity index (χ0n) is 9.86. The van der Waals surface area contributed by atoms with Gasteiger partial charge in [-0.2, -0.15) is 9.78 Å². The second-order valence-electron chi connectivity index (χ2n) is 3.94. The van der Waals surface area contributed by atoms with Crippen LogP contribution in [0.4, 0.5) is 5.82 Å². The van der Waals surface area contributed by atoms with Crippen LogP contribution in [0.2, 0.25) is 5.02 Å². The molecule has 0 aliphatic carbocycles. The van der Waals surface area contributed by atoms with E-state index >= 15 is 0 Å². The smallest absolute Gasteiger partial charge is 0.159 e. The topological polar surface area (TPSA) is 69.6 Å². The predicted octanol–water partition coefficient (Wildman–Crippen LogP) is 2.56. The van der Waals surface area contributed by atoms with Gasteiger partial charge in [-0.25, -0.2) is 9.97 Å². The largest absolute Gasteiger partial charge is 0.384 e. The van der Waals surface area contributed by atoms with Crippen molar-refractivity contribution >= 4 is 17.4 Å². The maximum Gasteiger partial charge on any atom is 0.159 e. The highest BCUT2D eigenvalue weighted by atomic mass is 35.5. The van der Waals surface area contributed by atoms with Crippen LogP contribution in [0.1, 0.15) is 0 Å². The highest BCUT2D eigenvalue weighted by Crippen LogP contribution is 2.23. The summed E-state index contributed by atoms with van der Waals surface area (Å²) < 4.78 is 1.58. The highest BCUT2D eigenvalue weighted by molar-refractivity contribution is 6.30. The lowest BCUT2D eigenvalue weighted by atomic mass is 10.1. The molecule has 0 radical (unpaired) electrons. The van der Waals surface area contributed by atoms with Crippen molar-refractivity contribution < 1.29 is 0 Å². The summed E-state index contributed by atoms with van der Waals surface area (Å²) >= 11 is 5.86. The third-order valence-corrected chi connectivity index (χ3v) is 2.91. The van der Waals surface area contributed by atoms with Crippen molar-refractivity contribution in [2.24, 2.45) is 0 Å². The number of nitrogens with two attached hydrogens (primary N) is 1. The molecule has 3 rings (SSSR count). The van der Waals surface area contributed by atoms with Crippen LogP contribution < -0.4 is 5.73 Å². The number of benzene rings is 1. The Labute approximate surface area is 114 Å². The Bertz CT molecular complexity index is 691. The zero-order chi connectivity index (χ0) is 13.2. The Balaban J connectivity index is 2.04. The SMILES string of the molecule is Nc1cc(-c2ccc(Cl)cc2)nn1-c1ccncn1. The Morgan fingerprint density at radius 2 is 1.89 bits per heavy atom. The summed E-state index contributed by atoms with van der Waals surface area (Å²) in [7, 11) is 0. The quantitative estimate of drug-likeness (QED) is 0.778. The first-order chi connectivity index (χ1) is 9.24. The first kappa shape index (κ1) is 11.7. The van der Waals surface area contributed by atoms with E-state index in [1.165, 1.54) is 6.33 Å². The van der Waals surface area contributed by atoms with Crippen molar-refractivity contribution in [3.05, 3.63) is 53.9 Å². The molecule has 0 fully saturated rings. The molecule has 0 unspecified atom stereocenters. The fraction of sp³-hybridized carbons (Fsp3) is 0. The molecule has 5 nitrogen and oxygen atoms in total. The molecule has 2 N–H and O–H groups in total. The molecule has 0 atom stereocenters. The molecule has 1 aromatic carbocycles. The first-order valence-corrected chi connectivity index (χ1v) is 6.00. The summed E-state index contributed by atoms with van der Waals surface area (Å²) in [4.78, 5) is 7.99. The summed E-state index contributed by atoms with van der Waals surface area (Å²) in [5.41, 5.74) is 7.67. The number of anilines is 1. The van der Waals surface area contributed by atoms with Crippen LogP contribution >= 0.6 is 11.6 Å². The number of halogens is 1. The summed E-state index contributed by atoms with van der Waals surface area (Å²) in [6.07, 6.45) is 3.10. The van der Waals surface area contributed by atoms with Crippen LogP contribution in [-0.4, -0.2) is 19.7 Å². The fourth-order valence-corrected chi connectivity index (χ4v) is 1.88. The Kier molecular flexibility index (Phi) is 2.89. The highest BCUT2D eigenvalue weighted by Gasteiger charge is 2.09. The minimum atomic E-state index is 0.517. The van der Waals surface area contributed by atoms with E-state index in [0.717, 1.165) is 11.3 Å². The van der Waals surface area contributed by atoms with E-state index in [1.807, 2.05) is 24.3 Å². The van der Waals surface area contributed by atoms with Crippen molar-refractivity contribution in [1.82, 2.24) is 19.7 Å². The molecule has 19 heavy (non-hydrogen) atoms. The molecule has 2 aromatic heterocycles. The summed E-state index contributed by atoms with van der Waals surface area (Å²) in [6.45, 7) is 0. The number of nitrogens with zero attached hydrogens (tertiary/aromatic N) is 4. The van der Waals surface area contributed by atoms with Gasteiger partial charge in [-0.05, 0) is 12.1 Å². The van der Waals surface area contributed by atoms with Gasteiger partial charge in [0, 0.05) is 28.9 Å². The summed E-state index contributed by atoms with van der Waals surface area (Å²) in [6, 6.07) is 11.0. The van der Waals surface area contributed by atoms with Crippen LogP contribution in [0.15, 0.2) is 48.9 Å². The van der Waals surface area contributed by atoms with Gasteiger partial charge in [-0.1, -0.05) is 23.7 Å². The maximum atomic E-state index is 5.95. The molecule has 0 spiro atoms. The molecule has 0 saturated carbocycles. The van der Waals surface area contributed by atoms with Gasteiger partial charge in [-0.3, -0.25) is 0 Å². The van der Waals surface area contributed by atoms with Gasteiger partial charge in [0.1, 0.15) is 12.1 Å². The number of hydrogen-bond donors (Lipinski definition) is 1. The maximum absolute atomic E-state index is 5.95. The van der Waals surface area contributed by atoms with Crippen LogP contribution in [0.25, 0.3) is 17.1 Å². The van der Waals surface area contributed by atoms with Crippen LogP contribution in [0.3, 0.4) is 0 Å². The van der Waals surface area contributed by atoms with Crippen molar-refractivity contribution in [2.45, 2.75) is 0 Å². The first-order valence-electron chi connectivity index (χ1n) is 5.62. The lowest BCUT2D eigenvalue weighted by molar-refractivity contribution is 0.852. The molecule has 2 heterocycles. The van der Waals surface area contributed by atoms with Gasteiger partial charge in [0.2, 0.25) is 0 Å². The predicted molar refractivity (Wildman–Crippen MR) is 74.0 cm³/mol. The number of hydrogen-bond acceptors (Lipinski definition) is 4. The lowest BCUT2D eigenvalue weighted by Crippen LogP contribution is -2.03. The van der Waals surface area contributed by atoms with Gasteiger partial charge < -0.3 is 5.73 Å². The van der Waals surface area contributed by atoms with E-state index in [-0.39, 0.29) is 0 Å². The Hall–Kier alpha value is -2.40. The van der Waals surface area contributed by atoms with E-state index in [4.69, 9.17) is 17.3 Å². The number of rotatable bonds is 2. The molecule has 6 heteroatoms. The van der Waals surface area contributed by atoms with Gasteiger partial charge in [0.15, 0.2) is 5.82 Å². The van der Waals surface area contributed by atoms with Crippen molar-refractivity contribution in [1.29, 1.82) is 0 Å². The molecule has 0 aliphatic heterocycles. The van der Waals surface area contributed by atoms with Gasteiger partial charge in [0.25, 0.3) is 0 Å². The van der Waals surface area contributed by atoms with E-state index in [1.54, 1.807) is 23.0 Å². The third-order valence-electron chi connectivity index (χ3n) is 2.66. The third kappa shape index (κ3) is 2.28. The minimum Gasteiger partial charge on any atom is -0.384 e. The average Bonchev–Trinajstić information content (AvgIpc) is 2.83. The van der Waals surface area contributed by atoms with Crippen molar-refractivity contribution in [3.8, 4) is 17.1 Å². The van der Waals surface area contributed by atoms with E-state index < -0.39 is 0 Å². The average molecular weight is 272 g/mol. The van der Waals surface area contributed by atoms with E-state index in [2.05, 4.69) is 15.1 Å². The molecule has 94 valence electrons. The number of nitrogen functional groups attached to an aromatic ring is 1. The lowest BCUT2D eigenvalue weighted by Gasteiger charge is -2.01. The van der Waals surface area contributed by atoms with Crippen molar-refractivity contribution in [2.75, 3.05) is 5.73 Å². The summed E-state index contributed by atoms with van der Waals surface area (Å²) in [5, 5.41) is 5.13. The molecule has 0 amide bonds. The second-order valence-corrected chi connectivity index (χ2v) is 4.38. The fourth-order valence-electron chi connectivity index (χ4n) is 1.75. The number of aromatic nitrogens is 4. The molecule has 0 bridgehead atoms. The normalized spacial score (nSPS) is 10.6. The second kappa shape index (κ2) is 4.70. The molecule has 0 aliphatic rings. The molecular weight excluding hydrogens is 262 g/mol. The molecule has 3 aromatic rings. The minimum absolute atomic E-state index is 0.517. The Morgan fingerprint density at radius 1 is 1.11 bits per heavy atom. The molecule has 0 saturated heterocycles. The van der Waals surface area contributed by atoms with Gasteiger partial charge >= 0.3 is 0 Å². The van der Waals surface area contributed by atoms with Gasteiger partial charge in [-0.15, -0.1) is 0 Å².